The van der Waals surface area contributed by atoms with Crippen LogP contribution in [0.1, 0.15) is 26.3 Å². The number of nitrogens with zero attached hydrogens (tertiary/aromatic N) is 3. The predicted octanol–water partition coefficient (Wildman–Crippen LogP) is 2.30. The first kappa shape index (κ1) is 13.6. The minimum atomic E-state index is -0.233. The van der Waals surface area contributed by atoms with Gasteiger partial charge in [-0.25, -0.2) is 0 Å². The smallest absolute Gasteiger partial charge is 0.0689 e. The summed E-state index contributed by atoms with van der Waals surface area (Å²) in [5.74, 6) is 0.319. The summed E-state index contributed by atoms with van der Waals surface area (Å²) >= 11 is 0. The molecule has 0 bridgehead atoms. The summed E-state index contributed by atoms with van der Waals surface area (Å²) in [4.78, 5) is 2.35. The highest BCUT2D eigenvalue weighted by Crippen LogP contribution is 2.25. The number of aliphatic hydroxyl groups is 1. The summed E-state index contributed by atoms with van der Waals surface area (Å²) in [7, 11) is 0. The van der Waals surface area contributed by atoms with Crippen LogP contribution in [0.3, 0.4) is 0 Å². The van der Waals surface area contributed by atoms with Gasteiger partial charge in [0.05, 0.1) is 23.9 Å². The summed E-state index contributed by atoms with van der Waals surface area (Å²) in [6.45, 7) is 6.93. The molecule has 1 aromatic carbocycles. The molecule has 0 spiro atoms. The molecule has 2 heterocycles. The number of hydrogen-bond acceptors (Lipinski definition) is 3. The van der Waals surface area contributed by atoms with Crippen molar-refractivity contribution in [2.24, 2.45) is 5.92 Å². The lowest BCUT2D eigenvalue weighted by atomic mass is 10.1. The number of aliphatic hydroxyl groups excluding tert-OH is 1. The van der Waals surface area contributed by atoms with E-state index in [2.05, 4.69) is 46.7 Å². The van der Waals surface area contributed by atoms with Crippen molar-refractivity contribution in [2.75, 3.05) is 19.6 Å². The van der Waals surface area contributed by atoms with Gasteiger partial charge in [-0.3, -0.25) is 9.58 Å². The maximum atomic E-state index is 10.0. The number of β-amino-alcohol motifs (C(OH)–C–C–N with tert-alkyl or cyclic N) is 1. The fraction of sp³-hybridized carbons (Fsp3) is 0.562. The average molecular weight is 273 g/mol. The SMILES string of the molecule is CC(C)C(O)CN1CCC(n2ncc3ccccc32)C1. The molecule has 0 aliphatic carbocycles. The van der Waals surface area contributed by atoms with Crippen molar-refractivity contribution in [3.8, 4) is 0 Å². The summed E-state index contributed by atoms with van der Waals surface area (Å²) in [5, 5.41) is 15.8. The minimum Gasteiger partial charge on any atom is -0.392 e. The lowest BCUT2D eigenvalue weighted by Gasteiger charge is -2.22. The molecule has 2 atom stereocenters. The number of para-hydroxylation sites is 1. The van der Waals surface area contributed by atoms with E-state index in [9.17, 15) is 5.11 Å². The van der Waals surface area contributed by atoms with Crippen LogP contribution < -0.4 is 0 Å². The fourth-order valence-corrected chi connectivity index (χ4v) is 2.94. The van der Waals surface area contributed by atoms with Crippen LogP contribution in [-0.4, -0.2) is 45.5 Å². The molecule has 108 valence electrons. The highest BCUT2D eigenvalue weighted by Gasteiger charge is 2.27. The highest BCUT2D eigenvalue weighted by atomic mass is 16.3. The molecule has 1 aliphatic heterocycles. The van der Waals surface area contributed by atoms with E-state index in [1.165, 1.54) is 10.9 Å². The van der Waals surface area contributed by atoms with Gasteiger partial charge in [0.25, 0.3) is 0 Å². The zero-order valence-electron chi connectivity index (χ0n) is 12.2. The van der Waals surface area contributed by atoms with E-state index >= 15 is 0 Å². The lowest BCUT2D eigenvalue weighted by molar-refractivity contribution is 0.0842. The molecule has 2 unspecified atom stereocenters. The van der Waals surface area contributed by atoms with Crippen molar-refractivity contribution >= 4 is 10.9 Å². The third-order valence-corrected chi connectivity index (χ3v) is 4.31. The normalized spacial score (nSPS) is 21.9. The van der Waals surface area contributed by atoms with Gasteiger partial charge in [-0.1, -0.05) is 32.0 Å². The van der Waals surface area contributed by atoms with Crippen LogP contribution in [-0.2, 0) is 0 Å². The van der Waals surface area contributed by atoms with Crippen molar-refractivity contribution in [1.29, 1.82) is 0 Å². The van der Waals surface area contributed by atoms with E-state index in [1.807, 2.05) is 12.3 Å². The Morgan fingerprint density at radius 3 is 2.95 bits per heavy atom. The Hall–Kier alpha value is -1.39. The predicted molar refractivity (Wildman–Crippen MR) is 80.7 cm³/mol. The van der Waals surface area contributed by atoms with Crippen LogP contribution >= 0.6 is 0 Å². The number of aromatic nitrogens is 2. The van der Waals surface area contributed by atoms with Crippen LogP contribution in [0.2, 0.25) is 0 Å². The molecule has 1 saturated heterocycles. The van der Waals surface area contributed by atoms with Crippen molar-refractivity contribution in [3.63, 3.8) is 0 Å². The summed E-state index contributed by atoms with van der Waals surface area (Å²) in [6, 6.07) is 8.78. The van der Waals surface area contributed by atoms with E-state index < -0.39 is 0 Å². The Kier molecular flexibility index (Phi) is 3.76. The van der Waals surface area contributed by atoms with Crippen molar-refractivity contribution in [3.05, 3.63) is 30.5 Å². The molecule has 0 amide bonds. The van der Waals surface area contributed by atoms with E-state index in [0.29, 0.717) is 12.0 Å². The number of benzene rings is 1. The van der Waals surface area contributed by atoms with Gasteiger partial charge in [0.15, 0.2) is 0 Å². The summed E-state index contributed by atoms with van der Waals surface area (Å²) in [6.07, 6.45) is 2.82. The topological polar surface area (TPSA) is 41.3 Å². The van der Waals surface area contributed by atoms with Crippen LogP contribution in [0.4, 0.5) is 0 Å². The molecule has 2 aromatic rings. The molecule has 1 N–H and O–H groups in total. The quantitative estimate of drug-likeness (QED) is 0.929. The molecule has 1 fully saturated rings. The van der Waals surface area contributed by atoms with Gasteiger partial charge in [0.2, 0.25) is 0 Å². The van der Waals surface area contributed by atoms with Crippen molar-refractivity contribution in [1.82, 2.24) is 14.7 Å². The summed E-state index contributed by atoms with van der Waals surface area (Å²) in [5.41, 5.74) is 1.21. The average Bonchev–Trinajstić information content (AvgIpc) is 3.04. The Labute approximate surface area is 120 Å². The third-order valence-electron chi connectivity index (χ3n) is 4.31. The van der Waals surface area contributed by atoms with E-state index in [0.717, 1.165) is 26.1 Å². The molecule has 20 heavy (non-hydrogen) atoms. The van der Waals surface area contributed by atoms with Crippen LogP contribution in [0.5, 0.6) is 0 Å². The maximum Gasteiger partial charge on any atom is 0.0689 e. The van der Waals surface area contributed by atoms with Gasteiger partial charge >= 0.3 is 0 Å². The number of likely N-dealkylation sites (tertiary alicyclic amines) is 1. The van der Waals surface area contributed by atoms with Gasteiger partial charge in [0, 0.05) is 25.0 Å². The zero-order valence-corrected chi connectivity index (χ0v) is 12.2. The second kappa shape index (κ2) is 5.54. The first-order valence-electron chi connectivity index (χ1n) is 7.48. The molecular weight excluding hydrogens is 250 g/mol. The van der Waals surface area contributed by atoms with Gasteiger partial charge in [0.1, 0.15) is 0 Å². The van der Waals surface area contributed by atoms with Crippen molar-refractivity contribution in [2.45, 2.75) is 32.4 Å². The van der Waals surface area contributed by atoms with Gasteiger partial charge in [-0.15, -0.1) is 0 Å². The standard InChI is InChI=1S/C16H23N3O/c1-12(2)16(20)11-18-8-7-14(10-18)19-15-6-4-3-5-13(15)9-17-19/h3-6,9,12,14,16,20H,7-8,10-11H2,1-2H3. The number of rotatable bonds is 4. The molecule has 1 aliphatic rings. The number of hydrogen-bond donors (Lipinski definition) is 1. The second-order valence-corrected chi connectivity index (χ2v) is 6.16. The molecular formula is C16H23N3O. The van der Waals surface area contributed by atoms with E-state index in [-0.39, 0.29) is 6.10 Å². The molecule has 4 nitrogen and oxygen atoms in total. The number of fused-ring (bicyclic) bond motifs is 1. The van der Waals surface area contributed by atoms with Gasteiger partial charge < -0.3 is 5.11 Å². The first-order chi connectivity index (χ1) is 9.65. The maximum absolute atomic E-state index is 10.0. The molecule has 1 aromatic heterocycles. The minimum absolute atomic E-state index is 0.233. The molecule has 3 rings (SSSR count). The van der Waals surface area contributed by atoms with Gasteiger partial charge in [-0.2, -0.15) is 5.10 Å². The molecule has 0 saturated carbocycles. The van der Waals surface area contributed by atoms with Crippen LogP contribution in [0.15, 0.2) is 30.5 Å². The Balaban J connectivity index is 1.71. The zero-order chi connectivity index (χ0) is 14.1. The first-order valence-corrected chi connectivity index (χ1v) is 7.48. The Morgan fingerprint density at radius 2 is 2.15 bits per heavy atom. The second-order valence-electron chi connectivity index (χ2n) is 6.16. The Morgan fingerprint density at radius 1 is 1.35 bits per heavy atom. The van der Waals surface area contributed by atoms with Crippen LogP contribution in [0.25, 0.3) is 10.9 Å². The third kappa shape index (κ3) is 2.58. The van der Waals surface area contributed by atoms with Crippen molar-refractivity contribution < 1.29 is 5.11 Å². The lowest BCUT2D eigenvalue weighted by Crippen LogP contribution is -2.33. The Bertz CT molecular complexity index is 578. The fourth-order valence-electron chi connectivity index (χ4n) is 2.94. The van der Waals surface area contributed by atoms with Crippen LogP contribution in [0, 0.1) is 5.92 Å². The molecule has 0 radical (unpaired) electrons. The summed E-state index contributed by atoms with van der Waals surface area (Å²) < 4.78 is 2.15. The van der Waals surface area contributed by atoms with E-state index in [1.54, 1.807) is 0 Å². The molecule has 4 heteroatoms. The van der Waals surface area contributed by atoms with Gasteiger partial charge in [-0.05, 0) is 18.4 Å². The van der Waals surface area contributed by atoms with E-state index in [4.69, 9.17) is 0 Å². The largest absolute Gasteiger partial charge is 0.392 e. The monoisotopic (exact) mass is 273 g/mol. The highest BCUT2D eigenvalue weighted by molar-refractivity contribution is 5.78.